The maximum absolute atomic E-state index is 2.99. The van der Waals surface area contributed by atoms with E-state index in [9.17, 15) is 0 Å². The summed E-state index contributed by atoms with van der Waals surface area (Å²) in [5.74, 6) is 0. The van der Waals surface area contributed by atoms with Crippen molar-refractivity contribution in [1.82, 2.24) is 0 Å². The SMILES string of the molecule is C[C](=[Hf+2])c1ccccc1.[C-]1=CC=CC1.c1ccc2c(c1)[cH-]c1ccccc12. The molecule has 0 bridgehead atoms. The topological polar surface area (TPSA) is 0 Å². The van der Waals surface area contributed by atoms with Crippen LogP contribution in [0.2, 0.25) is 0 Å². The minimum absolute atomic E-state index is 1.01. The summed E-state index contributed by atoms with van der Waals surface area (Å²) in [7, 11) is 0. The Balaban J connectivity index is 0.000000130. The van der Waals surface area contributed by atoms with Gasteiger partial charge in [-0.3, -0.25) is 6.08 Å². The van der Waals surface area contributed by atoms with Crippen LogP contribution < -0.4 is 0 Å². The zero-order valence-corrected chi connectivity index (χ0v) is 19.1. The summed E-state index contributed by atoms with van der Waals surface area (Å²) < 4.78 is 1.51. The predicted molar refractivity (Wildman–Crippen MR) is 115 cm³/mol. The van der Waals surface area contributed by atoms with Crippen molar-refractivity contribution in [3.63, 3.8) is 0 Å². The first-order valence-electron chi connectivity index (χ1n) is 9.11. The van der Waals surface area contributed by atoms with Crippen LogP contribution in [0, 0.1) is 6.08 Å². The van der Waals surface area contributed by atoms with Gasteiger partial charge in [0.25, 0.3) is 0 Å². The van der Waals surface area contributed by atoms with Crippen LogP contribution in [0.5, 0.6) is 0 Å². The molecule has 0 atom stereocenters. The van der Waals surface area contributed by atoms with Gasteiger partial charge in [0.1, 0.15) is 0 Å². The van der Waals surface area contributed by atoms with E-state index in [2.05, 4.69) is 97.9 Å². The molecule has 4 aromatic rings. The number of fused-ring (bicyclic) bond motifs is 3. The Hall–Kier alpha value is -2.25. The standard InChI is InChI=1S/C13H9.C8H8.C5H5.Hf/c1-3-7-12-10(5-1)9-11-6-2-4-8-13(11)12;1-2-8-6-4-3-5-7-8;1-2-4-5-3-1;/h1-9H;3-7H,1H3;1-3H,4H2;/q-1;;-1;+2. The van der Waals surface area contributed by atoms with Gasteiger partial charge in [0, 0.05) is 0 Å². The van der Waals surface area contributed by atoms with Crippen LogP contribution in [0.15, 0.2) is 103 Å². The molecule has 0 nitrogen and oxygen atoms in total. The van der Waals surface area contributed by atoms with Crippen molar-refractivity contribution in [3.8, 4) is 0 Å². The zero-order valence-electron chi connectivity index (χ0n) is 15.5. The molecule has 0 aromatic heterocycles. The number of benzene rings is 3. The summed E-state index contributed by atoms with van der Waals surface area (Å²) in [6.45, 7) is 2.18. The Morgan fingerprint density at radius 3 is 1.78 bits per heavy atom. The molecule has 0 aliphatic heterocycles. The maximum Gasteiger partial charge on any atom is -0.0771 e. The van der Waals surface area contributed by atoms with Gasteiger partial charge in [0.2, 0.25) is 0 Å². The summed E-state index contributed by atoms with van der Waals surface area (Å²) >= 11 is 1.17. The summed E-state index contributed by atoms with van der Waals surface area (Å²) in [5, 5.41) is 5.39. The first kappa shape index (κ1) is 19.5. The van der Waals surface area contributed by atoms with Gasteiger partial charge in [-0.05, 0) is 0 Å². The van der Waals surface area contributed by atoms with Crippen LogP contribution in [0.25, 0.3) is 21.5 Å². The fourth-order valence-electron chi connectivity index (χ4n) is 2.93. The monoisotopic (exact) mass is 514 g/mol. The average molecular weight is 513 g/mol. The molecule has 5 rings (SSSR count). The Bertz CT molecular complexity index is 1000. The van der Waals surface area contributed by atoms with Gasteiger partial charge in [0.15, 0.2) is 0 Å². The van der Waals surface area contributed by atoms with E-state index < -0.39 is 0 Å². The van der Waals surface area contributed by atoms with Gasteiger partial charge in [-0.25, -0.2) is 12.2 Å². The van der Waals surface area contributed by atoms with Crippen LogP contribution in [0.3, 0.4) is 0 Å². The molecule has 0 saturated heterocycles. The molecule has 0 amide bonds. The van der Waals surface area contributed by atoms with Crippen molar-refractivity contribution < 1.29 is 23.9 Å². The van der Waals surface area contributed by atoms with Crippen LogP contribution in [0.1, 0.15) is 18.9 Å². The van der Waals surface area contributed by atoms with E-state index in [1.54, 1.807) is 0 Å². The Morgan fingerprint density at radius 2 is 1.37 bits per heavy atom. The zero-order chi connectivity index (χ0) is 18.9. The van der Waals surface area contributed by atoms with Gasteiger partial charge >= 0.3 is 70.0 Å². The fourth-order valence-corrected chi connectivity index (χ4v) is 3.53. The van der Waals surface area contributed by atoms with Gasteiger partial charge in [-0.15, -0.1) is 46.2 Å². The van der Waals surface area contributed by atoms with E-state index in [4.69, 9.17) is 0 Å². The van der Waals surface area contributed by atoms with Crippen molar-refractivity contribution in [2.24, 2.45) is 0 Å². The van der Waals surface area contributed by atoms with E-state index in [1.165, 1.54) is 54.3 Å². The van der Waals surface area contributed by atoms with Gasteiger partial charge in [-0.1, -0.05) is 36.4 Å². The summed E-state index contributed by atoms with van der Waals surface area (Å²) in [6.07, 6.45) is 10.0. The summed E-state index contributed by atoms with van der Waals surface area (Å²) in [6, 6.07) is 29.8. The molecule has 27 heavy (non-hydrogen) atoms. The third kappa shape index (κ3) is 5.61. The van der Waals surface area contributed by atoms with Crippen molar-refractivity contribution in [1.29, 1.82) is 0 Å². The molecule has 0 fully saturated rings. The van der Waals surface area contributed by atoms with Crippen LogP contribution >= 0.6 is 0 Å². The predicted octanol–water partition coefficient (Wildman–Crippen LogP) is 6.79. The van der Waals surface area contributed by atoms with Crippen molar-refractivity contribution in [3.05, 3.63) is 115 Å². The molecular formula is C26H22Hf. The van der Waals surface area contributed by atoms with E-state index >= 15 is 0 Å². The molecule has 0 N–H and O–H groups in total. The second-order valence-corrected chi connectivity index (χ2v) is 9.01. The fraction of sp³-hybridized carbons (Fsp3) is 0.0769. The molecule has 0 saturated carbocycles. The molecule has 0 radical (unpaired) electrons. The van der Waals surface area contributed by atoms with Crippen LogP contribution in [-0.2, 0) is 23.9 Å². The van der Waals surface area contributed by atoms with Gasteiger partial charge in [-0.2, -0.15) is 6.08 Å². The third-order valence-corrected chi connectivity index (χ3v) is 5.35. The third-order valence-electron chi connectivity index (χ3n) is 4.32. The molecular weight excluding hydrogens is 491 g/mol. The molecule has 0 heterocycles. The second kappa shape index (κ2) is 10.2. The van der Waals surface area contributed by atoms with Gasteiger partial charge < -0.3 is 0 Å². The summed E-state index contributed by atoms with van der Waals surface area (Å²) in [5.41, 5.74) is 1.39. The number of rotatable bonds is 1. The smallest absolute Gasteiger partial charge is 0.0771 e. The first-order valence-corrected chi connectivity index (χ1v) is 10.9. The number of hydrogen-bond acceptors (Lipinski definition) is 0. The molecule has 4 aromatic carbocycles. The Kier molecular flexibility index (Phi) is 7.36. The van der Waals surface area contributed by atoms with Crippen LogP contribution in [-0.4, -0.2) is 3.26 Å². The maximum atomic E-state index is 2.99. The number of hydrogen-bond donors (Lipinski definition) is 0. The van der Waals surface area contributed by atoms with Crippen molar-refractivity contribution in [2.75, 3.05) is 0 Å². The minimum Gasteiger partial charge on any atom is -0.273 e. The van der Waals surface area contributed by atoms with Crippen molar-refractivity contribution >= 4 is 24.8 Å². The van der Waals surface area contributed by atoms with E-state index in [0.29, 0.717) is 0 Å². The van der Waals surface area contributed by atoms with Crippen molar-refractivity contribution in [2.45, 2.75) is 13.3 Å². The largest absolute Gasteiger partial charge is 0.273 e. The van der Waals surface area contributed by atoms with E-state index in [0.717, 1.165) is 6.42 Å². The first-order chi connectivity index (χ1) is 13.3. The molecule has 0 spiro atoms. The van der Waals surface area contributed by atoms with E-state index in [1.807, 2.05) is 18.2 Å². The molecule has 130 valence electrons. The van der Waals surface area contributed by atoms with E-state index in [-0.39, 0.29) is 0 Å². The summed E-state index contributed by atoms with van der Waals surface area (Å²) in [4.78, 5) is 0. The Morgan fingerprint density at radius 1 is 0.815 bits per heavy atom. The Labute approximate surface area is 176 Å². The normalized spacial score (nSPS) is 11.7. The molecule has 1 aliphatic rings. The van der Waals surface area contributed by atoms with Gasteiger partial charge in [0.05, 0.1) is 0 Å². The molecule has 1 aliphatic carbocycles. The molecule has 0 unspecified atom stereocenters. The quantitative estimate of drug-likeness (QED) is 0.194. The molecule has 1 heteroatoms. The van der Waals surface area contributed by atoms with Crippen LogP contribution in [0.4, 0.5) is 0 Å². The minimum atomic E-state index is 1.01. The second-order valence-electron chi connectivity index (χ2n) is 6.31. The average Bonchev–Trinajstić information content (AvgIpc) is 3.41. The number of allylic oxidation sites excluding steroid dienone is 4.